The van der Waals surface area contributed by atoms with Gasteiger partial charge in [-0.3, -0.25) is 0 Å². The molecule has 3 aromatic rings. The Morgan fingerprint density at radius 3 is 2.44 bits per heavy atom. The van der Waals surface area contributed by atoms with Crippen molar-refractivity contribution in [3.63, 3.8) is 0 Å². The van der Waals surface area contributed by atoms with E-state index >= 15 is 0 Å². The van der Waals surface area contributed by atoms with Crippen molar-refractivity contribution in [1.29, 1.82) is 0 Å². The lowest BCUT2D eigenvalue weighted by Crippen LogP contribution is -2.25. The number of nitrogens with zero attached hydrogens (tertiary/aromatic N) is 3. The van der Waals surface area contributed by atoms with Gasteiger partial charge >= 0.3 is 0 Å². The average molecular weight is 355 g/mol. The van der Waals surface area contributed by atoms with Gasteiger partial charge < -0.3 is 5.32 Å². The molecule has 4 nitrogen and oxygen atoms in total. The summed E-state index contributed by atoms with van der Waals surface area (Å²) < 4.78 is 0. The second-order valence-corrected chi connectivity index (χ2v) is 6.64. The highest BCUT2D eigenvalue weighted by Crippen LogP contribution is 2.20. The average Bonchev–Trinajstić information content (AvgIpc) is 3.05. The fraction of sp³-hybridized carbons (Fsp3) is 0.300. The van der Waals surface area contributed by atoms with E-state index in [0.29, 0.717) is 19.1 Å². The van der Waals surface area contributed by atoms with E-state index in [1.165, 1.54) is 0 Å². The van der Waals surface area contributed by atoms with Crippen LogP contribution in [0.1, 0.15) is 31.5 Å². The molecule has 0 aliphatic carbocycles. The fourth-order valence-electron chi connectivity index (χ4n) is 2.56. The molecule has 0 unspecified atom stereocenters. The standard InChI is InChI=1S/C20H23ClN4/c1-3-15(2)22-13-19-20(17-7-5-4-6-8-17)24-25(23-19)14-16-9-11-18(21)12-10-16/h4-12,15,22H,3,13-14H2,1-2H3/t15-/m1/s1. The lowest BCUT2D eigenvalue weighted by Gasteiger charge is -2.10. The van der Waals surface area contributed by atoms with Crippen LogP contribution in [0.15, 0.2) is 54.6 Å². The second kappa shape index (κ2) is 8.28. The largest absolute Gasteiger partial charge is 0.309 e. The number of rotatable bonds is 7. The minimum Gasteiger partial charge on any atom is -0.309 e. The van der Waals surface area contributed by atoms with Crippen LogP contribution in [0.4, 0.5) is 0 Å². The van der Waals surface area contributed by atoms with Gasteiger partial charge in [0, 0.05) is 23.2 Å². The highest BCUT2D eigenvalue weighted by atomic mass is 35.5. The molecule has 1 atom stereocenters. The van der Waals surface area contributed by atoms with Gasteiger partial charge in [0.15, 0.2) is 0 Å². The van der Waals surface area contributed by atoms with E-state index in [1.54, 1.807) is 4.80 Å². The molecule has 0 aliphatic rings. The van der Waals surface area contributed by atoms with Gasteiger partial charge in [-0.2, -0.15) is 15.0 Å². The van der Waals surface area contributed by atoms with Crippen LogP contribution < -0.4 is 5.32 Å². The van der Waals surface area contributed by atoms with E-state index in [4.69, 9.17) is 21.8 Å². The SMILES string of the molecule is CC[C@@H](C)NCc1nn(Cc2ccc(Cl)cc2)nc1-c1ccccc1. The van der Waals surface area contributed by atoms with E-state index in [9.17, 15) is 0 Å². The zero-order valence-electron chi connectivity index (χ0n) is 14.6. The third kappa shape index (κ3) is 4.68. The van der Waals surface area contributed by atoms with E-state index in [0.717, 1.165) is 34.0 Å². The monoisotopic (exact) mass is 354 g/mol. The lowest BCUT2D eigenvalue weighted by atomic mass is 10.1. The second-order valence-electron chi connectivity index (χ2n) is 6.21. The van der Waals surface area contributed by atoms with Gasteiger partial charge in [-0.15, -0.1) is 0 Å². The topological polar surface area (TPSA) is 42.7 Å². The summed E-state index contributed by atoms with van der Waals surface area (Å²) in [5.41, 5.74) is 4.12. The van der Waals surface area contributed by atoms with Gasteiger partial charge in [-0.25, -0.2) is 0 Å². The molecule has 2 aromatic carbocycles. The van der Waals surface area contributed by atoms with E-state index in [1.807, 2.05) is 42.5 Å². The summed E-state index contributed by atoms with van der Waals surface area (Å²) >= 11 is 5.96. The Kier molecular flexibility index (Phi) is 5.84. The van der Waals surface area contributed by atoms with Crippen LogP contribution in [-0.4, -0.2) is 21.0 Å². The molecule has 0 bridgehead atoms. The maximum atomic E-state index is 5.96. The third-order valence-corrected chi connectivity index (χ3v) is 4.49. The number of hydrogen-bond donors (Lipinski definition) is 1. The Morgan fingerprint density at radius 2 is 1.76 bits per heavy atom. The summed E-state index contributed by atoms with van der Waals surface area (Å²) in [6, 6.07) is 18.5. The quantitative estimate of drug-likeness (QED) is 0.677. The number of nitrogens with one attached hydrogen (secondary N) is 1. The van der Waals surface area contributed by atoms with Gasteiger partial charge in [0.05, 0.1) is 6.54 Å². The summed E-state index contributed by atoms with van der Waals surface area (Å²) in [5.74, 6) is 0. The molecule has 0 radical (unpaired) electrons. The van der Waals surface area contributed by atoms with Gasteiger partial charge in [0.1, 0.15) is 11.4 Å². The Hall–Kier alpha value is -2.17. The van der Waals surface area contributed by atoms with Crippen LogP contribution in [0.3, 0.4) is 0 Å². The zero-order chi connectivity index (χ0) is 17.6. The first-order chi connectivity index (χ1) is 12.2. The van der Waals surface area contributed by atoms with Crippen LogP contribution in [0.5, 0.6) is 0 Å². The molecular formula is C20H23ClN4. The molecule has 1 heterocycles. The normalized spacial score (nSPS) is 12.3. The molecule has 0 fully saturated rings. The molecule has 0 amide bonds. The summed E-state index contributed by atoms with van der Waals surface area (Å²) in [6.45, 7) is 5.69. The lowest BCUT2D eigenvalue weighted by molar-refractivity contribution is 0.520. The molecule has 0 aliphatic heterocycles. The van der Waals surface area contributed by atoms with Crippen molar-refractivity contribution in [1.82, 2.24) is 20.3 Å². The van der Waals surface area contributed by atoms with Crippen LogP contribution in [-0.2, 0) is 13.1 Å². The smallest absolute Gasteiger partial charge is 0.117 e. The predicted molar refractivity (Wildman–Crippen MR) is 103 cm³/mol. The molecule has 5 heteroatoms. The van der Waals surface area contributed by atoms with Crippen molar-refractivity contribution >= 4 is 11.6 Å². The van der Waals surface area contributed by atoms with Crippen molar-refractivity contribution in [2.75, 3.05) is 0 Å². The Morgan fingerprint density at radius 1 is 1.04 bits per heavy atom. The van der Waals surface area contributed by atoms with Gasteiger partial charge in [-0.1, -0.05) is 61.0 Å². The molecule has 0 saturated carbocycles. The van der Waals surface area contributed by atoms with Crippen molar-refractivity contribution in [3.8, 4) is 11.3 Å². The molecule has 1 N–H and O–H groups in total. The Balaban J connectivity index is 1.86. The van der Waals surface area contributed by atoms with E-state index in [2.05, 4.69) is 31.3 Å². The molecular weight excluding hydrogens is 332 g/mol. The van der Waals surface area contributed by atoms with Crippen molar-refractivity contribution in [2.45, 2.75) is 39.4 Å². The number of hydrogen-bond acceptors (Lipinski definition) is 3. The van der Waals surface area contributed by atoms with Gasteiger partial charge in [0.25, 0.3) is 0 Å². The van der Waals surface area contributed by atoms with E-state index in [-0.39, 0.29) is 0 Å². The first-order valence-electron chi connectivity index (χ1n) is 8.63. The predicted octanol–water partition coefficient (Wildman–Crippen LogP) is 4.53. The summed E-state index contributed by atoms with van der Waals surface area (Å²) in [5, 5.41) is 13.7. The molecule has 0 saturated heterocycles. The van der Waals surface area contributed by atoms with Gasteiger partial charge in [0.2, 0.25) is 0 Å². The fourth-order valence-corrected chi connectivity index (χ4v) is 2.69. The first kappa shape index (κ1) is 17.6. The van der Waals surface area contributed by atoms with Crippen molar-refractivity contribution in [2.24, 2.45) is 0 Å². The van der Waals surface area contributed by atoms with Crippen molar-refractivity contribution < 1.29 is 0 Å². The summed E-state index contributed by atoms with van der Waals surface area (Å²) in [7, 11) is 0. The summed E-state index contributed by atoms with van der Waals surface area (Å²) in [4.78, 5) is 1.76. The maximum absolute atomic E-state index is 5.96. The molecule has 3 rings (SSSR count). The van der Waals surface area contributed by atoms with Crippen LogP contribution in [0.2, 0.25) is 5.02 Å². The van der Waals surface area contributed by atoms with Crippen molar-refractivity contribution in [3.05, 3.63) is 70.9 Å². The van der Waals surface area contributed by atoms with Crippen LogP contribution in [0, 0.1) is 0 Å². The first-order valence-corrected chi connectivity index (χ1v) is 9.00. The van der Waals surface area contributed by atoms with E-state index < -0.39 is 0 Å². The molecule has 25 heavy (non-hydrogen) atoms. The zero-order valence-corrected chi connectivity index (χ0v) is 15.4. The number of aromatic nitrogens is 3. The molecule has 130 valence electrons. The van der Waals surface area contributed by atoms with Gasteiger partial charge in [-0.05, 0) is 31.0 Å². The molecule has 0 spiro atoms. The summed E-state index contributed by atoms with van der Waals surface area (Å²) in [6.07, 6.45) is 1.08. The minimum absolute atomic E-state index is 0.449. The van der Waals surface area contributed by atoms with Crippen LogP contribution in [0.25, 0.3) is 11.3 Å². The maximum Gasteiger partial charge on any atom is 0.117 e. The highest BCUT2D eigenvalue weighted by Gasteiger charge is 2.14. The Bertz CT molecular complexity index is 796. The highest BCUT2D eigenvalue weighted by molar-refractivity contribution is 6.30. The third-order valence-electron chi connectivity index (χ3n) is 4.24. The minimum atomic E-state index is 0.449. The number of benzene rings is 2. The van der Waals surface area contributed by atoms with Crippen LogP contribution >= 0.6 is 11.6 Å². The number of halogens is 1. The molecule has 1 aromatic heterocycles. The Labute approximate surface area is 153 Å².